The van der Waals surface area contributed by atoms with Crippen LogP contribution in [-0.2, 0) is 0 Å². The van der Waals surface area contributed by atoms with Crippen molar-refractivity contribution in [3.05, 3.63) is 17.3 Å². The number of nitrogens with two attached hydrogens (primary N) is 2. The standard InChI is InChI=1S/C9H7ClN6S/c10-4-2-1-3-8(14-4)17-5-6(11)15-9(12)16-7(5)13-3/h1-2H,(H5,11,12,13,15,16). The molecule has 0 fully saturated rings. The summed E-state index contributed by atoms with van der Waals surface area (Å²) in [4.78, 5) is 12.9. The molecule has 1 aliphatic heterocycles. The highest BCUT2D eigenvalue weighted by molar-refractivity contribution is 7.99. The summed E-state index contributed by atoms with van der Waals surface area (Å²) >= 11 is 7.20. The highest BCUT2D eigenvalue weighted by Crippen LogP contribution is 2.44. The topological polar surface area (TPSA) is 103 Å². The van der Waals surface area contributed by atoms with E-state index in [2.05, 4.69) is 20.3 Å². The first-order valence-corrected chi connectivity index (χ1v) is 5.87. The van der Waals surface area contributed by atoms with Gasteiger partial charge in [-0.2, -0.15) is 9.97 Å². The molecule has 0 amide bonds. The number of hydrogen-bond donors (Lipinski definition) is 3. The first kappa shape index (κ1) is 10.4. The lowest BCUT2D eigenvalue weighted by Gasteiger charge is -2.19. The largest absolute Gasteiger partial charge is 0.383 e. The molecule has 0 aliphatic carbocycles. The number of nitrogen functional groups attached to an aromatic ring is 2. The molecular formula is C9H7ClN6S. The molecule has 3 rings (SSSR count). The molecule has 1 aliphatic rings. The molecule has 5 N–H and O–H groups in total. The molecule has 0 radical (unpaired) electrons. The molecule has 0 spiro atoms. The summed E-state index contributed by atoms with van der Waals surface area (Å²) in [6.45, 7) is 0. The lowest BCUT2D eigenvalue weighted by atomic mass is 10.4. The van der Waals surface area contributed by atoms with E-state index in [-0.39, 0.29) is 5.95 Å². The number of rotatable bonds is 0. The van der Waals surface area contributed by atoms with E-state index in [9.17, 15) is 0 Å². The van der Waals surface area contributed by atoms with Crippen LogP contribution in [0.15, 0.2) is 22.1 Å². The van der Waals surface area contributed by atoms with Crippen LogP contribution in [0.25, 0.3) is 0 Å². The molecule has 0 unspecified atom stereocenters. The van der Waals surface area contributed by atoms with Gasteiger partial charge >= 0.3 is 0 Å². The molecule has 0 atom stereocenters. The van der Waals surface area contributed by atoms with Crippen LogP contribution in [0.2, 0.25) is 5.15 Å². The lowest BCUT2D eigenvalue weighted by Crippen LogP contribution is -2.09. The minimum Gasteiger partial charge on any atom is -0.383 e. The van der Waals surface area contributed by atoms with Gasteiger partial charge in [-0.05, 0) is 12.1 Å². The van der Waals surface area contributed by atoms with Crippen LogP contribution in [0.1, 0.15) is 0 Å². The molecule has 0 bridgehead atoms. The second-order valence-corrected chi connectivity index (χ2v) is 4.74. The first-order chi connectivity index (χ1) is 8.13. The molecule has 2 aromatic heterocycles. The van der Waals surface area contributed by atoms with Crippen molar-refractivity contribution < 1.29 is 0 Å². The second-order valence-electron chi connectivity index (χ2n) is 3.36. The smallest absolute Gasteiger partial charge is 0.224 e. The molecule has 86 valence electrons. The summed E-state index contributed by atoms with van der Waals surface area (Å²) in [6.07, 6.45) is 0. The Labute approximate surface area is 106 Å². The predicted molar refractivity (Wildman–Crippen MR) is 67.5 cm³/mol. The van der Waals surface area contributed by atoms with Crippen LogP contribution in [0, 0.1) is 0 Å². The summed E-state index contributed by atoms with van der Waals surface area (Å²) < 4.78 is 0. The Balaban J connectivity index is 2.14. The van der Waals surface area contributed by atoms with Gasteiger partial charge in [0, 0.05) is 0 Å². The molecule has 0 saturated carbocycles. The minimum absolute atomic E-state index is 0.139. The van der Waals surface area contributed by atoms with Gasteiger partial charge < -0.3 is 16.8 Å². The van der Waals surface area contributed by atoms with Crippen molar-refractivity contribution >= 4 is 46.6 Å². The SMILES string of the molecule is Nc1nc(N)c2c(n1)Nc1ccc(Cl)nc1S2. The maximum atomic E-state index is 5.83. The van der Waals surface area contributed by atoms with Gasteiger partial charge in [0.2, 0.25) is 5.95 Å². The van der Waals surface area contributed by atoms with Gasteiger partial charge in [-0.3, -0.25) is 0 Å². The molecule has 0 saturated heterocycles. The highest BCUT2D eigenvalue weighted by atomic mass is 35.5. The molecular weight excluding hydrogens is 260 g/mol. The molecule has 0 aromatic carbocycles. The highest BCUT2D eigenvalue weighted by Gasteiger charge is 2.21. The van der Waals surface area contributed by atoms with Gasteiger partial charge in [-0.15, -0.1) is 0 Å². The van der Waals surface area contributed by atoms with Crippen molar-refractivity contribution in [1.82, 2.24) is 15.0 Å². The maximum Gasteiger partial charge on any atom is 0.224 e. The molecule has 2 aromatic rings. The summed E-state index contributed by atoms with van der Waals surface area (Å²) in [6, 6.07) is 3.53. The zero-order valence-electron chi connectivity index (χ0n) is 8.44. The zero-order valence-corrected chi connectivity index (χ0v) is 10.0. The number of pyridine rings is 1. The monoisotopic (exact) mass is 266 g/mol. The van der Waals surface area contributed by atoms with E-state index in [0.29, 0.717) is 21.7 Å². The van der Waals surface area contributed by atoms with Crippen molar-refractivity contribution in [2.45, 2.75) is 9.92 Å². The van der Waals surface area contributed by atoms with E-state index >= 15 is 0 Å². The normalized spacial score (nSPS) is 12.5. The summed E-state index contributed by atoms with van der Waals surface area (Å²) in [5.74, 6) is 1.06. The number of hydrogen-bond acceptors (Lipinski definition) is 7. The van der Waals surface area contributed by atoms with Crippen molar-refractivity contribution in [3.8, 4) is 0 Å². The van der Waals surface area contributed by atoms with Gasteiger partial charge in [0.05, 0.1) is 10.6 Å². The Hall–Kier alpha value is -1.73. The first-order valence-electron chi connectivity index (χ1n) is 4.68. The van der Waals surface area contributed by atoms with E-state index in [4.69, 9.17) is 23.1 Å². The van der Waals surface area contributed by atoms with Gasteiger partial charge in [0.15, 0.2) is 5.82 Å². The predicted octanol–water partition coefficient (Wildman–Crippen LogP) is 1.90. The fraction of sp³-hybridized carbons (Fsp3) is 0. The maximum absolute atomic E-state index is 5.83. The summed E-state index contributed by atoms with van der Waals surface area (Å²) in [5, 5.41) is 4.26. The third kappa shape index (κ3) is 1.73. The van der Waals surface area contributed by atoms with Gasteiger partial charge in [-0.1, -0.05) is 23.4 Å². The van der Waals surface area contributed by atoms with E-state index in [1.54, 1.807) is 6.07 Å². The van der Waals surface area contributed by atoms with Crippen LogP contribution in [-0.4, -0.2) is 15.0 Å². The molecule has 17 heavy (non-hydrogen) atoms. The Morgan fingerprint density at radius 2 is 2.00 bits per heavy atom. The molecule has 3 heterocycles. The third-order valence-electron chi connectivity index (χ3n) is 2.19. The Morgan fingerprint density at radius 3 is 2.82 bits per heavy atom. The van der Waals surface area contributed by atoms with E-state index in [1.165, 1.54) is 11.8 Å². The van der Waals surface area contributed by atoms with Crippen molar-refractivity contribution in [2.75, 3.05) is 16.8 Å². The van der Waals surface area contributed by atoms with Crippen LogP contribution in [0.4, 0.5) is 23.3 Å². The number of nitrogens with one attached hydrogen (secondary N) is 1. The molecule has 6 nitrogen and oxygen atoms in total. The van der Waals surface area contributed by atoms with E-state index in [0.717, 1.165) is 10.7 Å². The Bertz CT molecular complexity index is 617. The average molecular weight is 267 g/mol. The number of nitrogens with zero attached hydrogens (tertiary/aromatic N) is 3. The van der Waals surface area contributed by atoms with Crippen molar-refractivity contribution in [2.24, 2.45) is 0 Å². The number of halogens is 1. The minimum atomic E-state index is 0.139. The van der Waals surface area contributed by atoms with E-state index < -0.39 is 0 Å². The van der Waals surface area contributed by atoms with Crippen LogP contribution >= 0.6 is 23.4 Å². The van der Waals surface area contributed by atoms with Gasteiger partial charge in [-0.25, -0.2) is 4.98 Å². The third-order valence-corrected chi connectivity index (χ3v) is 3.51. The number of anilines is 4. The average Bonchev–Trinajstić information content (AvgIpc) is 2.27. The van der Waals surface area contributed by atoms with Gasteiger partial charge in [0.1, 0.15) is 16.0 Å². The molecule has 8 heteroatoms. The number of fused-ring (bicyclic) bond motifs is 2. The van der Waals surface area contributed by atoms with Crippen LogP contribution in [0.3, 0.4) is 0 Å². The number of aromatic nitrogens is 3. The zero-order chi connectivity index (χ0) is 12.0. The van der Waals surface area contributed by atoms with Crippen molar-refractivity contribution in [3.63, 3.8) is 0 Å². The van der Waals surface area contributed by atoms with Crippen molar-refractivity contribution in [1.29, 1.82) is 0 Å². The van der Waals surface area contributed by atoms with Crippen LogP contribution < -0.4 is 16.8 Å². The second kappa shape index (κ2) is 3.64. The Morgan fingerprint density at radius 1 is 1.18 bits per heavy atom. The fourth-order valence-corrected chi connectivity index (χ4v) is 2.59. The van der Waals surface area contributed by atoms with E-state index in [1.807, 2.05) is 6.07 Å². The summed E-state index contributed by atoms with van der Waals surface area (Å²) in [7, 11) is 0. The lowest BCUT2D eigenvalue weighted by molar-refractivity contribution is 1.07. The van der Waals surface area contributed by atoms with Crippen LogP contribution in [0.5, 0.6) is 0 Å². The quantitative estimate of drug-likeness (QED) is 0.534. The fourth-order valence-electron chi connectivity index (χ4n) is 1.49. The Kier molecular flexibility index (Phi) is 2.23. The van der Waals surface area contributed by atoms with Gasteiger partial charge in [0.25, 0.3) is 0 Å². The summed E-state index contributed by atoms with van der Waals surface area (Å²) in [5.41, 5.74) is 12.1.